The van der Waals surface area contributed by atoms with Crippen LogP contribution in [0.25, 0.3) is 11.1 Å². The number of carboxylic acid groups (broad SMARTS) is 1. The topological polar surface area (TPSA) is 95.9 Å². The molecule has 1 unspecified atom stereocenters. The number of likely N-dealkylation sites (N-methyl/N-ethyl adjacent to an activating group) is 1. The molecule has 34 heavy (non-hydrogen) atoms. The van der Waals surface area contributed by atoms with Gasteiger partial charge in [-0.15, -0.1) is 6.58 Å². The number of nitrogens with one attached hydrogen (secondary N) is 1. The van der Waals surface area contributed by atoms with E-state index in [0.717, 1.165) is 35.1 Å². The molecule has 0 saturated heterocycles. The number of amides is 2. The van der Waals surface area contributed by atoms with Gasteiger partial charge in [0.2, 0.25) is 5.91 Å². The molecule has 0 heterocycles. The van der Waals surface area contributed by atoms with Crippen LogP contribution in [0.3, 0.4) is 0 Å². The van der Waals surface area contributed by atoms with Crippen molar-refractivity contribution < 1.29 is 24.2 Å². The lowest BCUT2D eigenvalue weighted by Gasteiger charge is -2.36. The number of rotatable bonds is 8. The molecular formula is C27H30N2O5. The van der Waals surface area contributed by atoms with Gasteiger partial charge < -0.3 is 20.1 Å². The van der Waals surface area contributed by atoms with Gasteiger partial charge in [0.1, 0.15) is 18.2 Å². The Morgan fingerprint density at radius 2 is 1.68 bits per heavy atom. The molecule has 4 rings (SSSR count). The number of aliphatic carboxylic acids is 1. The van der Waals surface area contributed by atoms with Gasteiger partial charge in [0, 0.05) is 13.0 Å². The zero-order valence-corrected chi connectivity index (χ0v) is 19.3. The Labute approximate surface area is 199 Å². The highest BCUT2D eigenvalue weighted by molar-refractivity contribution is 5.91. The molecule has 7 heteroatoms. The number of carbonyl (C=O) groups excluding carboxylic acids is 2. The van der Waals surface area contributed by atoms with Crippen LogP contribution in [0.1, 0.15) is 49.1 Å². The molecule has 1 saturated carbocycles. The summed E-state index contributed by atoms with van der Waals surface area (Å²) in [6, 6.07) is 15.1. The standard InChI is InChI=1S/C27H30N2O5/c1-3-10-23(24(30)29(2)27(25(31)32)15-8-9-16-27)28-26(33)34-17-22-20-13-6-4-11-18(20)19-12-5-7-14-21(19)22/h3-7,11-14,22-23H,1,8-10,15-17H2,2H3,(H,28,33)(H,31,32). The van der Waals surface area contributed by atoms with E-state index in [1.165, 1.54) is 18.0 Å². The van der Waals surface area contributed by atoms with Gasteiger partial charge in [-0.2, -0.15) is 0 Å². The molecule has 178 valence electrons. The summed E-state index contributed by atoms with van der Waals surface area (Å²) in [5.41, 5.74) is 3.21. The van der Waals surface area contributed by atoms with Gasteiger partial charge in [-0.3, -0.25) is 4.79 Å². The number of ether oxygens (including phenoxy) is 1. The van der Waals surface area contributed by atoms with Crippen LogP contribution < -0.4 is 5.32 Å². The zero-order valence-electron chi connectivity index (χ0n) is 19.3. The number of carbonyl (C=O) groups is 3. The van der Waals surface area contributed by atoms with Gasteiger partial charge in [-0.1, -0.05) is 67.4 Å². The fourth-order valence-corrected chi connectivity index (χ4v) is 5.27. The molecule has 1 fully saturated rings. The van der Waals surface area contributed by atoms with E-state index in [2.05, 4.69) is 24.0 Å². The quantitative estimate of drug-likeness (QED) is 0.570. The minimum absolute atomic E-state index is 0.0943. The van der Waals surface area contributed by atoms with E-state index >= 15 is 0 Å². The molecule has 2 N–H and O–H groups in total. The third kappa shape index (κ3) is 4.18. The molecule has 0 spiro atoms. The predicted molar refractivity (Wildman–Crippen MR) is 128 cm³/mol. The van der Waals surface area contributed by atoms with Crippen molar-refractivity contribution in [1.29, 1.82) is 0 Å². The Morgan fingerprint density at radius 1 is 1.12 bits per heavy atom. The number of hydrogen-bond donors (Lipinski definition) is 2. The third-order valence-electron chi connectivity index (χ3n) is 7.14. The van der Waals surface area contributed by atoms with Crippen LogP contribution in [0, 0.1) is 0 Å². The fraction of sp³-hybridized carbons (Fsp3) is 0.370. The summed E-state index contributed by atoms with van der Waals surface area (Å²) in [5, 5.41) is 12.4. The van der Waals surface area contributed by atoms with Crippen LogP contribution in [0.5, 0.6) is 0 Å². The maximum atomic E-state index is 13.2. The second kappa shape index (κ2) is 9.71. The predicted octanol–water partition coefficient (Wildman–Crippen LogP) is 4.33. The molecule has 2 aliphatic carbocycles. The first-order valence-corrected chi connectivity index (χ1v) is 11.6. The van der Waals surface area contributed by atoms with Crippen molar-refractivity contribution in [2.45, 2.75) is 49.6 Å². The van der Waals surface area contributed by atoms with Crippen LogP contribution in [0.2, 0.25) is 0 Å². The minimum atomic E-state index is -1.24. The molecule has 2 amide bonds. The summed E-state index contributed by atoms with van der Waals surface area (Å²) >= 11 is 0. The first-order chi connectivity index (χ1) is 16.4. The summed E-state index contributed by atoms with van der Waals surface area (Å²) in [4.78, 5) is 39.2. The van der Waals surface area contributed by atoms with E-state index in [-0.39, 0.29) is 18.9 Å². The number of hydrogen-bond acceptors (Lipinski definition) is 4. The van der Waals surface area contributed by atoms with Crippen molar-refractivity contribution >= 4 is 18.0 Å². The van der Waals surface area contributed by atoms with Gasteiger partial charge >= 0.3 is 12.1 Å². The summed E-state index contributed by atoms with van der Waals surface area (Å²) in [6.45, 7) is 3.81. The fourth-order valence-electron chi connectivity index (χ4n) is 5.27. The number of carboxylic acids is 1. The van der Waals surface area contributed by atoms with Crippen LogP contribution in [-0.2, 0) is 14.3 Å². The number of fused-ring (bicyclic) bond motifs is 3. The number of benzene rings is 2. The first-order valence-electron chi connectivity index (χ1n) is 11.6. The van der Waals surface area contributed by atoms with E-state index < -0.39 is 29.6 Å². The van der Waals surface area contributed by atoms with E-state index in [9.17, 15) is 19.5 Å². The average Bonchev–Trinajstić information content (AvgIpc) is 3.46. The molecule has 0 radical (unpaired) electrons. The highest BCUT2D eigenvalue weighted by Gasteiger charge is 2.48. The average molecular weight is 463 g/mol. The van der Waals surface area contributed by atoms with Crippen LogP contribution >= 0.6 is 0 Å². The van der Waals surface area contributed by atoms with Crippen LogP contribution in [0.4, 0.5) is 4.79 Å². The lowest BCUT2D eigenvalue weighted by atomic mass is 9.94. The Bertz CT molecular complexity index is 1060. The summed E-state index contributed by atoms with van der Waals surface area (Å²) in [6.07, 6.45) is 3.27. The van der Waals surface area contributed by atoms with Crippen LogP contribution in [-0.4, -0.2) is 53.2 Å². The molecule has 0 bridgehead atoms. The van der Waals surface area contributed by atoms with E-state index in [0.29, 0.717) is 12.8 Å². The van der Waals surface area contributed by atoms with Gasteiger partial charge in [0.15, 0.2) is 0 Å². The third-order valence-corrected chi connectivity index (χ3v) is 7.14. The summed E-state index contributed by atoms with van der Waals surface area (Å²) in [7, 11) is 1.50. The largest absolute Gasteiger partial charge is 0.479 e. The van der Waals surface area contributed by atoms with Crippen molar-refractivity contribution in [3.05, 3.63) is 72.3 Å². The molecule has 2 aromatic rings. The second-order valence-electron chi connectivity index (χ2n) is 8.99. The van der Waals surface area contributed by atoms with E-state index in [4.69, 9.17) is 4.74 Å². The van der Waals surface area contributed by atoms with Crippen molar-refractivity contribution in [3.63, 3.8) is 0 Å². The molecule has 0 aromatic heterocycles. The lowest BCUT2D eigenvalue weighted by molar-refractivity contribution is -0.158. The molecule has 2 aliphatic rings. The molecule has 0 aliphatic heterocycles. The Kier molecular flexibility index (Phi) is 6.72. The van der Waals surface area contributed by atoms with E-state index in [1.54, 1.807) is 0 Å². The number of nitrogens with zero attached hydrogens (tertiary/aromatic N) is 1. The van der Waals surface area contributed by atoms with E-state index in [1.807, 2.05) is 36.4 Å². The highest BCUT2D eigenvalue weighted by Crippen LogP contribution is 2.44. The Morgan fingerprint density at radius 3 is 2.21 bits per heavy atom. The Hall–Kier alpha value is -3.61. The molecule has 7 nitrogen and oxygen atoms in total. The lowest BCUT2D eigenvalue weighted by Crippen LogP contribution is -2.58. The maximum absolute atomic E-state index is 13.2. The minimum Gasteiger partial charge on any atom is -0.479 e. The van der Waals surface area contributed by atoms with Crippen molar-refractivity contribution in [2.24, 2.45) is 0 Å². The maximum Gasteiger partial charge on any atom is 0.407 e. The monoisotopic (exact) mass is 462 g/mol. The van der Waals surface area contributed by atoms with Crippen molar-refractivity contribution in [3.8, 4) is 11.1 Å². The first kappa shape index (κ1) is 23.5. The van der Waals surface area contributed by atoms with Gasteiger partial charge in [0.05, 0.1) is 0 Å². The van der Waals surface area contributed by atoms with Gasteiger partial charge in [0.25, 0.3) is 0 Å². The van der Waals surface area contributed by atoms with Crippen molar-refractivity contribution in [1.82, 2.24) is 10.2 Å². The molecule has 2 aromatic carbocycles. The second-order valence-corrected chi connectivity index (χ2v) is 8.99. The Balaban J connectivity index is 1.44. The summed E-state index contributed by atoms with van der Waals surface area (Å²) in [5.74, 6) is -1.57. The van der Waals surface area contributed by atoms with Gasteiger partial charge in [-0.05, 0) is 41.5 Å². The zero-order chi connectivity index (χ0) is 24.3. The highest BCUT2D eigenvalue weighted by atomic mass is 16.5. The summed E-state index contributed by atoms with van der Waals surface area (Å²) < 4.78 is 5.57. The van der Waals surface area contributed by atoms with Crippen molar-refractivity contribution in [2.75, 3.05) is 13.7 Å². The number of alkyl carbamates (subject to hydrolysis) is 1. The van der Waals surface area contributed by atoms with Crippen LogP contribution in [0.15, 0.2) is 61.2 Å². The molecule has 1 atom stereocenters. The van der Waals surface area contributed by atoms with Gasteiger partial charge in [-0.25, -0.2) is 9.59 Å². The normalized spacial score (nSPS) is 16.7. The smallest absolute Gasteiger partial charge is 0.407 e. The molecular weight excluding hydrogens is 432 g/mol. The SMILES string of the molecule is C=CCC(NC(=O)OCC1c2ccccc2-c2ccccc21)C(=O)N(C)C1(C(=O)O)CCCC1.